The summed E-state index contributed by atoms with van der Waals surface area (Å²) in [7, 11) is -3.10. The fraction of sp³-hybridized carbons (Fsp3) is 0.273. The molecule has 30 heavy (non-hydrogen) atoms. The standard InChI is InChI=1S/C22H22ClN3O3S/c1-22(11-12-30(28,29)15-22)24-20(27)13-17-14-26(19-5-3-2-4-6-19)25-21(17)16-7-9-18(23)10-8-16/h2-10,14H,11-13,15H2,1H3,(H,24,27). The Balaban J connectivity index is 1.63. The van der Waals surface area contributed by atoms with Gasteiger partial charge in [0, 0.05) is 22.3 Å². The van der Waals surface area contributed by atoms with Gasteiger partial charge in [-0.3, -0.25) is 4.79 Å². The van der Waals surface area contributed by atoms with Crippen molar-refractivity contribution < 1.29 is 13.2 Å². The first-order chi connectivity index (χ1) is 14.2. The zero-order valence-corrected chi connectivity index (χ0v) is 18.1. The van der Waals surface area contributed by atoms with Crippen molar-refractivity contribution in [3.05, 3.63) is 71.4 Å². The molecule has 6 nitrogen and oxygen atoms in total. The smallest absolute Gasteiger partial charge is 0.225 e. The Hall–Kier alpha value is -2.64. The highest BCUT2D eigenvalue weighted by Crippen LogP contribution is 2.27. The number of halogens is 1. The number of nitrogens with one attached hydrogen (secondary N) is 1. The second kappa shape index (κ2) is 7.89. The summed E-state index contributed by atoms with van der Waals surface area (Å²) >= 11 is 6.02. The first-order valence-corrected chi connectivity index (χ1v) is 11.8. The predicted octanol–water partition coefficient (Wildman–Crippen LogP) is 3.43. The fourth-order valence-corrected chi connectivity index (χ4v) is 5.98. The van der Waals surface area contributed by atoms with Crippen LogP contribution < -0.4 is 5.32 Å². The first-order valence-electron chi connectivity index (χ1n) is 9.64. The van der Waals surface area contributed by atoms with E-state index in [-0.39, 0.29) is 23.8 Å². The number of carbonyl (C=O) groups is 1. The number of rotatable bonds is 5. The van der Waals surface area contributed by atoms with E-state index in [1.54, 1.807) is 23.7 Å². The number of nitrogens with zero attached hydrogens (tertiary/aromatic N) is 2. The van der Waals surface area contributed by atoms with E-state index in [2.05, 4.69) is 5.32 Å². The monoisotopic (exact) mass is 443 g/mol. The molecule has 3 aromatic rings. The van der Waals surface area contributed by atoms with Gasteiger partial charge in [0.1, 0.15) is 0 Å². The highest BCUT2D eigenvalue weighted by atomic mass is 35.5. The second-order valence-corrected chi connectivity index (χ2v) is 10.5. The van der Waals surface area contributed by atoms with Crippen molar-refractivity contribution in [1.29, 1.82) is 0 Å². The number of para-hydroxylation sites is 1. The van der Waals surface area contributed by atoms with Crippen LogP contribution in [0.1, 0.15) is 18.9 Å². The van der Waals surface area contributed by atoms with Gasteiger partial charge in [-0.2, -0.15) is 5.10 Å². The molecule has 1 aliphatic rings. The molecule has 1 N–H and O–H groups in total. The molecule has 0 aliphatic carbocycles. The fourth-order valence-electron chi connectivity index (χ4n) is 3.77. The molecule has 4 rings (SSSR count). The lowest BCUT2D eigenvalue weighted by Crippen LogP contribution is -2.47. The zero-order chi connectivity index (χ0) is 21.4. The summed E-state index contributed by atoms with van der Waals surface area (Å²) in [6.45, 7) is 1.78. The second-order valence-electron chi connectivity index (χ2n) is 7.92. The van der Waals surface area contributed by atoms with Crippen LogP contribution in [-0.4, -0.2) is 41.2 Å². The summed E-state index contributed by atoms with van der Waals surface area (Å²) < 4.78 is 25.4. The van der Waals surface area contributed by atoms with Gasteiger partial charge in [0.15, 0.2) is 9.84 Å². The Bertz CT molecular complexity index is 1170. The van der Waals surface area contributed by atoms with Crippen LogP contribution in [0.25, 0.3) is 16.9 Å². The molecule has 2 heterocycles. The quantitative estimate of drug-likeness (QED) is 0.655. The predicted molar refractivity (Wildman–Crippen MR) is 118 cm³/mol. The lowest BCUT2D eigenvalue weighted by molar-refractivity contribution is -0.121. The molecule has 0 radical (unpaired) electrons. The molecule has 0 saturated carbocycles. The van der Waals surface area contributed by atoms with Crippen molar-refractivity contribution in [2.75, 3.05) is 11.5 Å². The third kappa shape index (κ3) is 4.57. The van der Waals surface area contributed by atoms with E-state index in [1.807, 2.05) is 48.7 Å². The number of sulfone groups is 1. The van der Waals surface area contributed by atoms with Crippen LogP contribution in [0.5, 0.6) is 0 Å². The summed E-state index contributed by atoms with van der Waals surface area (Å²) in [6, 6.07) is 17.0. The highest BCUT2D eigenvalue weighted by molar-refractivity contribution is 7.91. The maximum Gasteiger partial charge on any atom is 0.225 e. The molecule has 1 saturated heterocycles. The van der Waals surface area contributed by atoms with Gasteiger partial charge in [0.05, 0.1) is 34.8 Å². The van der Waals surface area contributed by atoms with E-state index in [0.29, 0.717) is 17.1 Å². The van der Waals surface area contributed by atoms with Crippen LogP contribution in [-0.2, 0) is 21.1 Å². The number of aromatic nitrogens is 2. The summed E-state index contributed by atoms with van der Waals surface area (Å²) in [5.41, 5.74) is 2.45. The number of amides is 1. The average molecular weight is 444 g/mol. The lowest BCUT2D eigenvalue weighted by atomic mass is 10.0. The number of hydrogen-bond donors (Lipinski definition) is 1. The molecule has 0 spiro atoms. The minimum absolute atomic E-state index is 0.0287. The Morgan fingerprint density at radius 2 is 1.87 bits per heavy atom. The number of benzene rings is 2. The summed E-state index contributed by atoms with van der Waals surface area (Å²) in [6.07, 6.45) is 2.36. The van der Waals surface area contributed by atoms with E-state index >= 15 is 0 Å². The molecule has 1 aliphatic heterocycles. The molecule has 1 aromatic heterocycles. The van der Waals surface area contributed by atoms with E-state index in [0.717, 1.165) is 16.8 Å². The Labute approximate surface area is 180 Å². The van der Waals surface area contributed by atoms with Crippen LogP contribution in [0.2, 0.25) is 5.02 Å². The van der Waals surface area contributed by atoms with Gasteiger partial charge in [-0.15, -0.1) is 0 Å². The SMILES string of the molecule is CC1(NC(=O)Cc2cn(-c3ccccc3)nc2-c2ccc(Cl)cc2)CCS(=O)(=O)C1. The Morgan fingerprint density at radius 3 is 2.50 bits per heavy atom. The summed E-state index contributed by atoms with van der Waals surface area (Å²) in [5, 5.41) is 8.24. The average Bonchev–Trinajstić information content (AvgIpc) is 3.23. The molecule has 0 bridgehead atoms. The van der Waals surface area contributed by atoms with Gasteiger partial charge in [0.2, 0.25) is 5.91 Å². The van der Waals surface area contributed by atoms with Gasteiger partial charge >= 0.3 is 0 Å². The van der Waals surface area contributed by atoms with Crippen LogP contribution in [0, 0.1) is 0 Å². The largest absolute Gasteiger partial charge is 0.350 e. The third-order valence-corrected chi connectivity index (χ3v) is 7.38. The first kappa shape index (κ1) is 20.6. The molecule has 1 fully saturated rings. The van der Waals surface area contributed by atoms with E-state index in [4.69, 9.17) is 16.7 Å². The van der Waals surface area contributed by atoms with E-state index in [9.17, 15) is 13.2 Å². The molecule has 1 unspecified atom stereocenters. The van der Waals surface area contributed by atoms with E-state index < -0.39 is 15.4 Å². The van der Waals surface area contributed by atoms with Crippen LogP contribution in [0.3, 0.4) is 0 Å². The van der Waals surface area contributed by atoms with Crippen molar-refractivity contribution in [3.8, 4) is 16.9 Å². The molecule has 1 amide bonds. The van der Waals surface area contributed by atoms with Gasteiger partial charge in [-0.25, -0.2) is 13.1 Å². The van der Waals surface area contributed by atoms with Crippen molar-refractivity contribution in [1.82, 2.24) is 15.1 Å². The molecule has 8 heteroatoms. The minimum atomic E-state index is -3.10. The van der Waals surface area contributed by atoms with Crippen molar-refractivity contribution >= 4 is 27.3 Å². The molecular formula is C22H22ClN3O3S. The zero-order valence-electron chi connectivity index (χ0n) is 16.5. The molecule has 2 aromatic carbocycles. The lowest BCUT2D eigenvalue weighted by Gasteiger charge is -2.23. The van der Waals surface area contributed by atoms with E-state index in [1.165, 1.54) is 0 Å². The Morgan fingerprint density at radius 1 is 1.17 bits per heavy atom. The van der Waals surface area contributed by atoms with Crippen LogP contribution in [0.15, 0.2) is 60.8 Å². The maximum atomic E-state index is 12.8. The third-order valence-electron chi connectivity index (χ3n) is 5.22. The summed E-state index contributed by atoms with van der Waals surface area (Å²) in [4.78, 5) is 12.8. The molecule has 1 atom stereocenters. The van der Waals surface area contributed by atoms with Crippen LogP contribution >= 0.6 is 11.6 Å². The highest BCUT2D eigenvalue weighted by Gasteiger charge is 2.39. The maximum absolute atomic E-state index is 12.8. The number of carbonyl (C=O) groups excluding carboxylic acids is 1. The number of hydrogen-bond acceptors (Lipinski definition) is 4. The minimum Gasteiger partial charge on any atom is -0.350 e. The van der Waals surface area contributed by atoms with Gasteiger partial charge in [0.25, 0.3) is 0 Å². The van der Waals surface area contributed by atoms with Crippen molar-refractivity contribution in [2.24, 2.45) is 0 Å². The summed E-state index contributed by atoms with van der Waals surface area (Å²) in [5.74, 6) is -0.150. The van der Waals surface area contributed by atoms with Crippen molar-refractivity contribution in [2.45, 2.75) is 25.3 Å². The van der Waals surface area contributed by atoms with Gasteiger partial charge in [-0.05, 0) is 37.6 Å². The van der Waals surface area contributed by atoms with Gasteiger partial charge < -0.3 is 5.32 Å². The molecular weight excluding hydrogens is 422 g/mol. The van der Waals surface area contributed by atoms with Gasteiger partial charge in [-0.1, -0.05) is 41.9 Å². The normalized spacial score (nSPS) is 20.2. The topological polar surface area (TPSA) is 81.1 Å². The molecule has 156 valence electrons. The van der Waals surface area contributed by atoms with Crippen molar-refractivity contribution in [3.63, 3.8) is 0 Å². The Kier molecular flexibility index (Phi) is 5.42. The van der Waals surface area contributed by atoms with Crippen LogP contribution in [0.4, 0.5) is 0 Å².